The first-order valence-corrected chi connectivity index (χ1v) is 10.5. The molecule has 0 aliphatic heterocycles. The number of halogens is 1. The Morgan fingerprint density at radius 1 is 1.07 bits per heavy atom. The second-order valence-corrected chi connectivity index (χ2v) is 8.26. The van der Waals surface area contributed by atoms with Crippen LogP contribution >= 0.6 is 33.9 Å². The number of thiophene rings is 1. The molecule has 0 unspecified atom stereocenters. The maximum atomic E-state index is 12.7. The van der Waals surface area contributed by atoms with Gasteiger partial charge in [-0.3, -0.25) is 9.69 Å². The number of rotatable bonds is 8. The average Bonchev–Trinajstić information content (AvgIpc) is 3.17. The highest BCUT2D eigenvalue weighted by molar-refractivity contribution is 14.1. The highest BCUT2D eigenvalue weighted by Crippen LogP contribution is 2.22. The van der Waals surface area contributed by atoms with Gasteiger partial charge in [-0.25, -0.2) is 0 Å². The second-order valence-electron chi connectivity index (χ2n) is 6.06. The number of para-hydroxylation sites is 2. The normalized spacial score (nSPS) is 10.8. The van der Waals surface area contributed by atoms with Gasteiger partial charge in [-0.15, -0.1) is 11.3 Å². The van der Waals surface area contributed by atoms with Gasteiger partial charge in [-0.1, -0.05) is 36.4 Å². The fraction of sp³-hybridized carbons (Fsp3) is 0.190. The Bertz CT molecular complexity index is 883. The average molecular weight is 492 g/mol. The van der Waals surface area contributed by atoms with Crippen molar-refractivity contribution >= 4 is 45.5 Å². The van der Waals surface area contributed by atoms with Crippen molar-refractivity contribution in [2.75, 3.05) is 19.0 Å². The molecule has 1 amide bonds. The van der Waals surface area contributed by atoms with E-state index in [-0.39, 0.29) is 5.91 Å². The van der Waals surface area contributed by atoms with Crippen LogP contribution in [0.5, 0.6) is 5.75 Å². The van der Waals surface area contributed by atoms with E-state index in [9.17, 15) is 4.79 Å². The van der Waals surface area contributed by atoms with Crippen molar-refractivity contribution in [1.29, 1.82) is 0 Å². The van der Waals surface area contributed by atoms with Crippen LogP contribution in [0.25, 0.3) is 0 Å². The third-order valence-corrected chi connectivity index (χ3v) is 5.86. The van der Waals surface area contributed by atoms with Gasteiger partial charge in [0, 0.05) is 27.1 Å². The predicted octanol–water partition coefficient (Wildman–Crippen LogP) is 5.00. The van der Waals surface area contributed by atoms with Gasteiger partial charge in [-0.2, -0.15) is 0 Å². The Labute approximate surface area is 177 Å². The summed E-state index contributed by atoms with van der Waals surface area (Å²) in [4.78, 5) is 16.0. The zero-order chi connectivity index (χ0) is 19.1. The van der Waals surface area contributed by atoms with Crippen molar-refractivity contribution in [3.8, 4) is 5.75 Å². The lowest BCUT2D eigenvalue weighted by atomic mass is 10.2. The number of methoxy groups -OCH3 is 1. The van der Waals surface area contributed by atoms with E-state index in [4.69, 9.17) is 4.74 Å². The number of hydrogen-bond donors (Lipinski definition) is 1. The molecule has 0 bridgehead atoms. The van der Waals surface area contributed by atoms with E-state index >= 15 is 0 Å². The highest BCUT2D eigenvalue weighted by atomic mass is 127. The van der Waals surface area contributed by atoms with Crippen LogP contribution in [-0.4, -0.2) is 24.5 Å². The first-order valence-electron chi connectivity index (χ1n) is 8.56. The zero-order valence-electron chi connectivity index (χ0n) is 15.0. The molecule has 0 atom stereocenters. The number of benzene rings is 2. The quantitative estimate of drug-likeness (QED) is 0.450. The van der Waals surface area contributed by atoms with Crippen molar-refractivity contribution in [2.24, 2.45) is 0 Å². The molecule has 27 heavy (non-hydrogen) atoms. The maximum Gasteiger partial charge on any atom is 0.238 e. The summed E-state index contributed by atoms with van der Waals surface area (Å²) in [7, 11) is 1.67. The van der Waals surface area contributed by atoms with E-state index in [0.29, 0.717) is 13.1 Å². The van der Waals surface area contributed by atoms with Crippen LogP contribution < -0.4 is 10.1 Å². The van der Waals surface area contributed by atoms with Crippen LogP contribution in [0.3, 0.4) is 0 Å². The molecule has 6 heteroatoms. The minimum atomic E-state index is -0.0226. The molecule has 1 N–H and O–H groups in total. The molecule has 0 radical (unpaired) electrons. The fourth-order valence-corrected chi connectivity index (χ4v) is 4.09. The zero-order valence-corrected chi connectivity index (χ0v) is 18.0. The number of anilines is 1. The second kappa shape index (κ2) is 9.87. The Kier molecular flexibility index (Phi) is 7.25. The van der Waals surface area contributed by atoms with Gasteiger partial charge >= 0.3 is 0 Å². The number of amides is 1. The Balaban J connectivity index is 1.73. The summed E-state index contributed by atoms with van der Waals surface area (Å²) in [6.07, 6.45) is 0. The van der Waals surface area contributed by atoms with E-state index in [1.165, 1.54) is 4.88 Å². The molecule has 140 valence electrons. The lowest BCUT2D eigenvalue weighted by Gasteiger charge is -2.22. The largest absolute Gasteiger partial charge is 0.496 e. The summed E-state index contributed by atoms with van der Waals surface area (Å²) in [5.41, 5.74) is 1.91. The van der Waals surface area contributed by atoms with E-state index in [1.807, 2.05) is 54.6 Å². The Morgan fingerprint density at radius 3 is 2.59 bits per heavy atom. The number of ether oxygens (including phenoxy) is 1. The summed E-state index contributed by atoms with van der Waals surface area (Å²) < 4.78 is 6.50. The molecule has 0 aliphatic rings. The van der Waals surface area contributed by atoms with Crippen LogP contribution in [0.15, 0.2) is 66.0 Å². The van der Waals surface area contributed by atoms with E-state index in [0.717, 1.165) is 27.1 Å². The number of nitrogens with one attached hydrogen (secondary N) is 1. The predicted molar refractivity (Wildman–Crippen MR) is 119 cm³/mol. The number of hydrogen-bond acceptors (Lipinski definition) is 4. The van der Waals surface area contributed by atoms with Crippen molar-refractivity contribution < 1.29 is 9.53 Å². The summed E-state index contributed by atoms with van der Waals surface area (Å²) in [5.74, 6) is 0.817. The minimum Gasteiger partial charge on any atom is -0.496 e. The third-order valence-electron chi connectivity index (χ3n) is 4.06. The summed E-state index contributed by atoms with van der Waals surface area (Å²) in [6, 6.07) is 19.9. The van der Waals surface area contributed by atoms with Gasteiger partial charge < -0.3 is 10.1 Å². The SMILES string of the molecule is COc1ccccc1CN(CC(=O)Nc1ccccc1I)Cc1cccs1. The summed E-state index contributed by atoms with van der Waals surface area (Å²) in [5, 5.41) is 5.08. The van der Waals surface area contributed by atoms with Crippen LogP contribution in [0, 0.1) is 3.57 Å². The van der Waals surface area contributed by atoms with E-state index in [1.54, 1.807) is 18.4 Å². The van der Waals surface area contributed by atoms with Crippen molar-refractivity contribution in [1.82, 2.24) is 4.90 Å². The molecule has 0 saturated carbocycles. The summed E-state index contributed by atoms with van der Waals surface area (Å²) >= 11 is 3.93. The number of carbonyl (C=O) groups is 1. The monoisotopic (exact) mass is 492 g/mol. The Hall–Kier alpha value is -1.90. The van der Waals surface area contributed by atoms with Crippen LogP contribution in [0.2, 0.25) is 0 Å². The minimum absolute atomic E-state index is 0.0226. The number of carbonyl (C=O) groups excluding carboxylic acids is 1. The summed E-state index contributed by atoms with van der Waals surface area (Å²) in [6.45, 7) is 1.66. The molecule has 0 aliphatic carbocycles. The molecule has 1 heterocycles. The highest BCUT2D eigenvalue weighted by Gasteiger charge is 2.15. The van der Waals surface area contributed by atoms with Crippen molar-refractivity contribution in [3.63, 3.8) is 0 Å². The molecule has 0 spiro atoms. The number of nitrogens with zero attached hydrogens (tertiary/aromatic N) is 1. The van der Waals surface area contributed by atoms with Crippen LogP contribution in [0.1, 0.15) is 10.4 Å². The van der Waals surface area contributed by atoms with Crippen molar-refractivity contribution in [2.45, 2.75) is 13.1 Å². The van der Waals surface area contributed by atoms with Gasteiger partial charge in [-0.05, 0) is 52.2 Å². The standard InChI is InChI=1S/C21H21IN2O2S/c1-26-20-11-5-2-7-16(20)13-24(14-17-8-6-12-27-17)15-21(25)23-19-10-4-3-9-18(19)22/h2-12H,13-15H2,1H3,(H,23,25). The van der Waals surface area contributed by atoms with Crippen molar-refractivity contribution in [3.05, 3.63) is 80.1 Å². The molecule has 2 aromatic carbocycles. The lowest BCUT2D eigenvalue weighted by molar-refractivity contribution is -0.117. The topological polar surface area (TPSA) is 41.6 Å². The fourth-order valence-electron chi connectivity index (χ4n) is 2.82. The molecule has 0 saturated heterocycles. The van der Waals surface area contributed by atoms with Gasteiger partial charge in [0.1, 0.15) is 5.75 Å². The Morgan fingerprint density at radius 2 is 1.85 bits per heavy atom. The first-order chi connectivity index (χ1) is 13.2. The smallest absolute Gasteiger partial charge is 0.238 e. The van der Waals surface area contributed by atoms with Gasteiger partial charge in [0.05, 0.1) is 19.3 Å². The first kappa shape index (κ1) is 19.9. The van der Waals surface area contributed by atoms with Crippen LogP contribution in [0.4, 0.5) is 5.69 Å². The van der Waals surface area contributed by atoms with E-state index < -0.39 is 0 Å². The third kappa shape index (κ3) is 5.79. The van der Waals surface area contributed by atoms with Crippen LogP contribution in [-0.2, 0) is 17.9 Å². The van der Waals surface area contributed by atoms with E-state index in [2.05, 4.69) is 44.3 Å². The molecule has 4 nitrogen and oxygen atoms in total. The molecule has 3 rings (SSSR count). The molecule has 0 fully saturated rings. The molecular weight excluding hydrogens is 471 g/mol. The van der Waals surface area contributed by atoms with Gasteiger partial charge in [0.2, 0.25) is 5.91 Å². The molecule has 1 aromatic heterocycles. The molecular formula is C21H21IN2O2S. The van der Waals surface area contributed by atoms with Gasteiger partial charge in [0.15, 0.2) is 0 Å². The molecule has 3 aromatic rings. The maximum absolute atomic E-state index is 12.7. The van der Waals surface area contributed by atoms with Gasteiger partial charge in [0.25, 0.3) is 0 Å². The lowest BCUT2D eigenvalue weighted by Crippen LogP contribution is -2.32.